The zero-order chi connectivity index (χ0) is 23.9. The SMILES string of the molecule is CC/C(=C1\c2cc3cnn(CC)c3cc2COc2ncccc21)c1cccc(NS(C)(=O)=O)c1. The normalized spacial score (nSPS) is 14.7. The van der Waals surface area contributed by atoms with Crippen LogP contribution in [-0.4, -0.2) is 29.4 Å². The van der Waals surface area contributed by atoms with Gasteiger partial charge in [-0.2, -0.15) is 5.10 Å². The molecule has 3 heterocycles. The molecule has 5 rings (SSSR count). The van der Waals surface area contributed by atoms with Crippen molar-refractivity contribution in [3.8, 4) is 5.88 Å². The van der Waals surface area contributed by atoms with Crippen molar-refractivity contribution in [2.75, 3.05) is 11.0 Å². The largest absolute Gasteiger partial charge is 0.472 e. The Kier molecular flexibility index (Phi) is 5.61. The summed E-state index contributed by atoms with van der Waals surface area (Å²) in [6.07, 6.45) is 5.52. The lowest BCUT2D eigenvalue weighted by Gasteiger charge is -2.18. The van der Waals surface area contributed by atoms with Crippen molar-refractivity contribution in [1.29, 1.82) is 0 Å². The van der Waals surface area contributed by atoms with Crippen LogP contribution in [0, 0.1) is 0 Å². The van der Waals surface area contributed by atoms with Crippen LogP contribution in [0.4, 0.5) is 5.69 Å². The number of hydrogen-bond acceptors (Lipinski definition) is 5. The highest BCUT2D eigenvalue weighted by molar-refractivity contribution is 7.92. The Morgan fingerprint density at radius 1 is 1.12 bits per heavy atom. The smallest absolute Gasteiger partial charge is 0.229 e. The van der Waals surface area contributed by atoms with Crippen LogP contribution in [0.25, 0.3) is 22.0 Å². The number of fused-ring (bicyclic) bond motifs is 3. The first-order valence-corrected chi connectivity index (χ1v) is 13.2. The third-order valence-electron chi connectivity index (χ3n) is 6.01. The second-order valence-electron chi connectivity index (χ2n) is 8.34. The van der Waals surface area contributed by atoms with Crippen LogP contribution < -0.4 is 9.46 Å². The summed E-state index contributed by atoms with van der Waals surface area (Å²) < 4.78 is 34.4. The number of aromatic nitrogens is 3. The number of allylic oxidation sites excluding steroid dienone is 1. The fraction of sp³-hybridized carbons (Fsp3) is 0.231. The van der Waals surface area contributed by atoms with Gasteiger partial charge in [0.05, 0.1) is 18.0 Å². The van der Waals surface area contributed by atoms with Gasteiger partial charge in [-0.15, -0.1) is 0 Å². The van der Waals surface area contributed by atoms with E-state index in [9.17, 15) is 8.42 Å². The van der Waals surface area contributed by atoms with Gasteiger partial charge in [0, 0.05) is 29.4 Å². The summed E-state index contributed by atoms with van der Waals surface area (Å²) in [7, 11) is -3.38. The van der Waals surface area contributed by atoms with E-state index in [4.69, 9.17) is 4.74 Å². The summed E-state index contributed by atoms with van der Waals surface area (Å²) in [6.45, 7) is 5.37. The Hall–Kier alpha value is -3.65. The molecule has 8 heteroatoms. The zero-order valence-electron chi connectivity index (χ0n) is 19.4. The number of aryl methyl sites for hydroxylation is 1. The van der Waals surface area contributed by atoms with Crippen LogP contribution in [-0.2, 0) is 23.2 Å². The second kappa shape index (κ2) is 8.61. The van der Waals surface area contributed by atoms with Gasteiger partial charge in [-0.1, -0.05) is 19.1 Å². The van der Waals surface area contributed by atoms with Crippen LogP contribution in [0.2, 0.25) is 0 Å². The molecule has 2 aromatic heterocycles. The van der Waals surface area contributed by atoms with Gasteiger partial charge in [-0.25, -0.2) is 13.4 Å². The average Bonchev–Trinajstić information content (AvgIpc) is 3.14. The predicted octanol–water partition coefficient (Wildman–Crippen LogP) is 5.08. The minimum atomic E-state index is -3.38. The Bertz CT molecular complexity index is 1540. The van der Waals surface area contributed by atoms with Gasteiger partial charge >= 0.3 is 0 Å². The third-order valence-corrected chi connectivity index (χ3v) is 6.62. The maximum atomic E-state index is 11.8. The fourth-order valence-corrected chi connectivity index (χ4v) is 5.15. The number of sulfonamides is 1. The summed E-state index contributed by atoms with van der Waals surface area (Å²) in [6, 6.07) is 15.8. The molecule has 4 aromatic rings. The van der Waals surface area contributed by atoms with Gasteiger partial charge in [0.1, 0.15) is 6.61 Å². The molecule has 7 nitrogen and oxygen atoms in total. The van der Waals surface area contributed by atoms with Crippen molar-refractivity contribution in [3.63, 3.8) is 0 Å². The van der Waals surface area contributed by atoms with Crippen LogP contribution in [0.15, 0.2) is 60.9 Å². The van der Waals surface area contributed by atoms with Crippen molar-refractivity contribution in [3.05, 3.63) is 83.2 Å². The van der Waals surface area contributed by atoms with Gasteiger partial charge in [0.15, 0.2) is 0 Å². The van der Waals surface area contributed by atoms with E-state index < -0.39 is 10.0 Å². The summed E-state index contributed by atoms with van der Waals surface area (Å²) in [5.41, 5.74) is 7.73. The molecule has 2 aromatic carbocycles. The van der Waals surface area contributed by atoms with Gasteiger partial charge < -0.3 is 4.74 Å². The highest BCUT2D eigenvalue weighted by atomic mass is 32.2. The van der Waals surface area contributed by atoms with E-state index in [0.29, 0.717) is 18.2 Å². The maximum absolute atomic E-state index is 11.8. The zero-order valence-corrected chi connectivity index (χ0v) is 20.2. The predicted molar refractivity (Wildman–Crippen MR) is 135 cm³/mol. The van der Waals surface area contributed by atoms with Gasteiger partial charge in [-0.05, 0) is 77.6 Å². The highest BCUT2D eigenvalue weighted by Crippen LogP contribution is 2.42. The lowest BCUT2D eigenvalue weighted by atomic mass is 9.86. The molecule has 34 heavy (non-hydrogen) atoms. The van der Waals surface area contributed by atoms with Crippen molar-refractivity contribution < 1.29 is 13.2 Å². The van der Waals surface area contributed by atoms with Crippen molar-refractivity contribution in [2.45, 2.75) is 33.4 Å². The number of hydrogen-bond donors (Lipinski definition) is 1. The van der Waals surface area contributed by atoms with E-state index in [1.807, 2.05) is 41.2 Å². The summed E-state index contributed by atoms with van der Waals surface area (Å²) >= 11 is 0. The molecule has 0 unspecified atom stereocenters. The maximum Gasteiger partial charge on any atom is 0.229 e. The lowest BCUT2D eigenvalue weighted by molar-refractivity contribution is 0.295. The standard InChI is InChI=1S/C26H26N4O3S/c1-4-21(17-8-6-9-20(12-17)29-34(3,31)32)25-22-10-7-11-27-26(22)33-16-19-14-24-18(13-23(19)25)15-28-30(24)5-2/h6-15,29H,4-5,16H2,1-3H3/b25-21+. The molecule has 174 valence electrons. The molecular formula is C26H26N4O3S. The Morgan fingerprint density at radius 2 is 1.97 bits per heavy atom. The number of anilines is 1. The van der Waals surface area contributed by atoms with Crippen LogP contribution >= 0.6 is 0 Å². The van der Waals surface area contributed by atoms with E-state index in [-0.39, 0.29) is 0 Å². The van der Waals surface area contributed by atoms with Gasteiger partial charge in [-0.3, -0.25) is 9.40 Å². The molecule has 0 spiro atoms. The highest BCUT2D eigenvalue weighted by Gasteiger charge is 2.24. The summed E-state index contributed by atoms with van der Waals surface area (Å²) in [5.74, 6) is 0.589. The summed E-state index contributed by atoms with van der Waals surface area (Å²) in [5, 5.41) is 5.59. The first kappa shape index (κ1) is 22.2. The molecule has 0 saturated heterocycles. The number of nitrogens with one attached hydrogen (secondary N) is 1. The Morgan fingerprint density at radius 3 is 2.74 bits per heavy atom. The van der Waals surface area contributed by atoms with Crippen LogP contribution in [0.1, 0.15) is 42.5 Å². The fourth-order valence-electron chi connectivity index (χ4n) is 4.60. The Labute approximate surface area is 199 Å². The molecular weight excluding hydrogens is 448 g/mol. The van der Waals surface area contributed by atoms with Crippen molar-refractivity contribution in [2.24, 2.45) is 0 Å². The second-order valence-corrected chi connectivity index (χ2v) is 10.1. The summed E-state index contributed by atoms with van der Waals surface area (Å²) in [4.78, 5) is 4.51. The van der Waals surface area contributed by atoms with E-state index in [0.717, 1.165) is 63.5 Å². The molecule has 0 bridgehead atoms. The van der Waals surface area contributed by atoms with Gasteiger partial charge in [0.2, 0.25) is 15.9 Å². The molecule has 1 aliphatic heterocycles. The molecule has 0 atom stereocenters. The van der Waals surface area contributed by atoms with E-state index in [1.165, 1.54) is 0 Å². The van der Waals surface area contributed by atoms with Crippen molar-refractivity contribution >= 4 is 37.8 Å². The Balaban J connectivity index is 1.80. The number of benzene rings is 2. The molecule has 1 aliphatic rings. The minimum absolute atomic E-state index is 0.403. The molecule has 1 N–H and O–H groups in total. The molecule has 0 amide bonds. The molecule has 0 aliphatic carbocycles. The van der Waals surface area contributed by atoms with Crippen LogP contribution in [0.3, 0.4) is 0 Å². The third kappa shape index (κ3) is 4.05. The number of ether oxygens (including phenoxy) is 1. The molecule has 0 saturated carbocycles. The topological polar surface area (TPSA) is 86.1 Å². The molecule has 0 fully saturated rings. The monoisotopic (exact) mass is 474 g/mol. The van der Waals surface area contributed by atoms with Gasteiger partial charge in [0.25, 0.3) is 0 Å². The number of rotatable bonds is 5. The number of nitrogens with zero attached hydrogens (tertiary/aromatic N) is 3. The van der Waals surface area contributed by atoms with E-state index in [1.54, 1.807) is 12.3 Å². The van der Waals surface area contributed by atoms with E-state index in [2.05, 4.69) is 40.8 Å². The first-order chi connectivity index (χ1) is 16.4. The average molecular weight is 475 g/mol. The quantitative estimate of drug-likeness (QED) is 0.436. The minimum Gasteiger partial charge on any atom is -0.472 e. The lowest BCUT2D eigenvalue weighted by Crippen LogP contribution is -2.09. The first-order valence-electron chi connectivity index (χ1n) is 11.3. The number of pyridine rings is 1. The molecule has 0 radical (unpaired) electrons. The van der Waals surface area contributed by atoms with Crippen LogP contribution in [0.5, 0.6) is 5.88 Å². The van der Waals surface area contributed by atoms with Crippen molar-refractivity contribution in [1.82, 2.24) is 14.8 Å². The van der Waals surface area contributed by atoms with E-state index >= 15 is 0 Å².